The van der Waals surface area contributed by atoms with Crippen molar-refractivity contribution in [3.8, 4) is 0 Å². The monoisotopic (exact) mass is 352 g/mol. The Labute approximate surface area is 131 Å². The summed E-state index contributed by atoms with van der Waals surface area (Å²) in [7, 11) is 0. The van der Waals surface area contributed by atoms with Crippen LogP contribution in [0.3, 0.4) is 0 Å². The highest BCUT2D eigenvalue weighted by Gasteiger charge is 2.05. The molecule has 3 nitrogen and oxygen atoms in total. The van der Waals surface area contributed by atoms with Crippen LogP contribution >= 0.6 is 27.3 Å². The van der Waals surface area contributed by atoms with Crippen LogP contribution in [0.4, 0.5) is 11.4 Å². The molecule has 0 saturated heterocycles. The molecular formula is C15H17BrN2OS. The summed E-state index contributed by atoms with van der Waals surface area (Å²) in [5, 5.41) is 6.22. The maximum Gasteiger partial charge on any atom is 0.221 e. The first-order valence-electron chi connectivity index (χ1n) is 6.32. The third kappa shape index (κ3) is 3.84. The van der Waals surface area contributed by atoms with E-state index in [2.05, 4.69) is 39.6 Å². The van der Waals surface area contributed by atoms with Crippen molar-refractivity contribution in [3.05, 3.63) is 44.1 Å². The highest BCUT2D eigenvalue weighted by Crippen LogP contribution is 2.27. The predicted molar refractivity (Wildman–Crippen MR) is 89.6 cm³/mol. The van der Waals surface area contributed by atoms with Crippen LogP contribution in [0.1, 0.15) is 22.2 Å². The Hall–Kier alpha value is -1.33. The van der Waals surface area contributed by atoms with E-state index in [1.807, 2.05) is 25.1 Å². The maximum absolute atomic E-state index is 11.2. The van der Waals surface area contributed by atoms with E-state index in [4.69, 9.17) is 0 Å². The number of hydrogen-bond acceptors (Lipinski definition) is 3. The van der Waals surface area contributed by atoms with Crippen molar-refractivity contribution in [1.82, 2.24) is 0 Å². The SMILES string of the molecule is CC(=O)Nc1cc(NCc2cc(Br)c(C)s2)ccc1C. The summed E-state index contributed by atoms with van der Waals surface area (Å²) in [6.45, 7) is 6.37. The molecule has 0 radical (unpaired) electrons. The van der Waals surface area contributed by atoms with E-state index in [1.165, 1.54) is 16.7 Å². The molecule has 0 fully saturated rings. The number of carbonyl (C=O) groups is 1. The lowest BCUT2D eigenvalue weighted by Gasteiger charge is -2.10. The lowest BCUT2D eigenvalue weighted by Crippen LogP contribution is -2.08. The highest BCUT2D eigenvalue weighted by atomic mass is 79.9. The topological polar surface area (TPSA) is 41.1 Å². The van der Waals surface area contributed by atoms with Crippen molar-refractivity contribution >= 4 is 44.5 Å². The predicted octanol–water partition coefficient (Wildman–Crippen LogP) is 4.70. The molecule has 0 atom stereocenters. The third-order valence-electron chi connectivity index (χ3n) is 2.92. The number of thiophene rings is 1. The number of carbonyl (C=O) groups excluding carboxylic acids is 1. The zero-order chi connectivity index (χ0) is 14.7. The van der Waals surface area contributed by atoms with E-state index in [1.54, 1.807) is 11.3 Å². The number of amides is 1. The van der Waals surface area contributed by atoms with Crippen molar-refractivity contribution in [3.63, 3.8) is 0 Å². The number of benzene rings is 1. The second-order valence-electron chi connectivity index (χ2n) is 4.68. The lowest BCUT2D eigenvalue weighted by atomic mass is 10.1. The zero-order valence-corrected chi connectivity index (χ0v) is 14.1. The van der Waals surface area contributed by atoms with Gasteiger partial charge in [-0.1, -0.05) is 6.07 Å². The standard InChI is InChI=1S/C15H17BrN2OS/c1-9-4-5-12(6-15(9)18-11(3)19)17-8-13-7-14(16)10(2)20-13/h4-7,17H,8H2,1-3H3,(H,18,19). The summed E-state index contributed by atoms with van der Waals surface area (Å²) in [5.74, 6) is -0.0527. The molecule has 0 saturated carbocycles. The van der Waals surface area contributed by atoms with Gasteiger partial charge in [0.05, 0.1) is 0 Å². The number of nitrogens with one attached hydrogen (secondary N) is 2. The number of hydrogen-bond donors (Lipinski definition) is 2. The minimum Gasteiger partial charge on any atom is -0.380 e. The number of rotatable bonds is 4. The van der Waals surface area contributed by atoms with Gasteiger partial charge in [-0.15, -0.1) is 11.3 Å². The Kier molecular flexibility index (Phi) is 4.83. The summed E-state index contributed by atoms with van der Waals surface area (Å²) in [4.78, 5) is 13.7. The largest absolute Gasteiger partial charge is 0.380 e. The Bertz CT molecular complexity index is 617. The quantitative estimate of drug-likeness (QED) is 0.837. The Morgan fingerprint density at radius 2 is 2.05 bits per heavy atom. The normalized spacial score (nSPS) is 10.4. The Morgan fingerprint density at radius 1 is 1.30 bits per heavy atom. The van der Waals surface area contributed by atoms with E-state index in [9.17, 15) is 4.79 Å². The van der Waals surface area contributed by atoms with E-state index in [0.717, 1.165) is 28.0 Å². The average molecular weight is 353 g/mol. The van der Waals surface area contributed by atoms with Gasteiger partial charge >= 0.3 is 0 Å². The zero-order valence-electron chi connectivity index (χ0n) is 11.7. The van der Waals surface area contributed by atoms with Gasteiger partial charge < -0.3 is 10.6 Å². The van der Waals surface area contributed by atoms with Gasteiger partial charge in [-0.05, 0) is 53.5 Å². The fourth-order valence-electron chi connectivity index (χ4n) is 1.85. The molecule has 2 rings (SSSR count). The minimum atomic E-state index is -0.0527. The minimum absolute atomic E-state index is 0.0527. The molecule has 106 valence electrons. The van der Waals surface area contributed by atoms with Gasteiger partial charge in [-0.3, -0.25) is 4.79 Å². The van der Waals surface area contributed by atoms with Gasteiger partial charge in [0, 0.05) is 39.1 Å². The van der Waals surface area contributed by atoms with Crippen LogP contribution < -0.4 is 10.6 Å². The van der Waals surface area contributed by atoms with Gasteiger partial charge in [0.15, 0.2) is 0 Å². The molecule has 1 amide bonds. The van der Waals surface area contributed by atoms with Crippen LogP contribution in [0.25, 0.3) is 0 Å². The smallest absolute Gasteiger partial charge is 0.221 e. The van der Waals surface area contributed by atoms with Gasteiger partial charge in [-0.25, -0.2) is 0 Å². The van der Waals surface area contributed by atoms with Crippen molar-refractivity contribution in [2.75, 3.05) is 10.6 Å². The van der Waals surface area contributed by atoms with E-state index >= 15 is 0 Å². The molecule has 1 heterocycles. The molecule has 0 spiro atoms. The molecule has 2 aromatic rings. The molecule has 0 bridgehead atoms. The third-order valence-corrected chi connectivity index (χ3v) is 5.06. The molecule has 1 aromatic heterocycles. The van der Waals surface area contributed by atoms with Crippen LogP contribution in [-0.2, 0) is 11.3 Å². The average Bonchev–Trinajstić information content (AvgIpc) is 2.69. The first kappa shape index (κ1) is 15.1. The summed E-state index contributed by atoms with van der Waals surface area (Å²) in [6.07, 6.45) is 0. The van der Waals surface area contributed by atoms with E-state index in [-0.39, 0.29) is 5.91 Å². The first-order valence-corrected chi connectivity index (χ1v) is 7.93. The molecule has 0 unspecified atom stereocenters. The Balaban J connectivity index is 2.07. The van der Waals surface area contributed by atoms with Crippen LogP contribution in [0.15, 0.2) is 28.7 Å². The molecule has 0 aliphatic rings. The number of aryl methyl sites for hydroxylation is 2. The van der Waals surface area contributed by atoms with Gasteiger partial charge in [0.2, 0.25) is 5.91 Å². The highest BCUT2D eigenvalue weighted by molar-refractivity contribution is 9.10. The molecule has 0 aliphatic carbocycles. The van der Waals surface area contributed by atoms with Crippen molar-refractivity contribution in [2.24, 2.45) is 0 Å². The Morgan fingerprint density at radius 3 is 2.65 bits per heavy atom. The second-order valence-corrected chi connectivity index (χ2v) is 6.88. The molecule has 20 heavy (non-hydrogen) atoms. The molecule has 0 aliphatic heterocycles. The van der Waals surface area contributed by atoms with Gasteiger partial charge in [-0.2, -0.15) is 0 Å². The summed E-state index contributed by atoms with van der Waals surface area (Å²) in [5.41, 5.74) is 2.91. The summed E-state index contributed by atoms with van der Waals surface area (Å²) >= 11 is 5.30. The van der Waals surface area contributed by atoms with E-state index in [0.29, 0.717) is 0 Å². The summed E-state index contributed by atoms with van der Waals surface area (Å²) < 4.78 is 1.15. The van der Waals surface area contributed by atoms with Crippen LogP contribution in [0, 0.1) is 13.8 Å². The summed E-state index contributed by atoms with van der Waals surface area (Å²) in [6, 6.07) is 8.13. The molecule has 2 N–H and O–H groups in total. The van der Waals surface area contributed by atoms with Crippen molar-refractivity contribution < 1.29 is 4.79 Å². The molecular weight excluding hydrogens is 336 g/mol. The van der Waals surface area contributed by atoms with Crippen molar-refractivity contribution in [1.29, 1.82) is 0 Å². The number of halogens is 1. The van der Waals surface area contributed by atoms with Crippen LogP contribution in [0.2, 0.25) is 0 Å². The lowest BCUT2D eigenvalue weighted by molar-refractivity contribution is -0.114. The van der Waals surface area contributed by atoms with Crippen LogP contribution in [-0.4, -0.2) is 5.91 Å². The van der Waals surface area contributed by atoms with Gasteiger partial charge in [0.1, 0.15) is 0 Å². The van der Waals surface area contributed by atoms with Gasteiger partial charge in [0.25, 0.3) is 0 Å². The van der Waals surface area contributed by atoms with Crippen LogP contribution in [0.5, 0.6) is 0 Å². The fourth-order valence-corrected chi connectivity index (χ4v) is 3.39. The fraction of sp³-hybridized carbons (Fsp3) is 0.267. The van der Waals surface area contributed by atoms with Crippen molar-refractivity contribution in [2.45, 2.75) is 27.3 Å². The maximum atomic E-state index is 11.2. The van der Waals surface area contributed by atoms with E-state index < -0.39 is 0 Å². The second kappa shape index (κ2) is 6.41. The molecule has 1 aromatic carbocycles. The number of anilines is 2. The first-order chi connectivity index (χ1) is 9.45. The molecule has 5 heteroatoms.